The first kappa shape index (κ1) is 21.7. The summed E-state index contributed by atoms with van der Waals surface area (Å²) in [5, 5.41) is 3.81. The van der Waals surface area contributed by atoms with Crippen molar-refractivity contribution in [1.29, 1.82) is 0 Å². The molecule has 0 spiro atoms. The van der Waals surface area contributed by atoms with Gasteiger partial charge in [0.05, 0.1) is 12.7 Å². The van der Waals surface area contributed by atoms with Crippen LogP contribution in [0.15, 0.2) is 78.5 Å². The number of aryl methyl sites for hydroxylation is 1. The number of anilines is 1. The van der Waals surface area contributed by atoms with Gasteiger partial charge in [0.15, 0.2) is 0 Å². The molecule has 162 valence electrons. The van der Waals surface area contributed by atoms with Crippen LogP contribution in [-0.4, -0.2) is 30.4 Å². The quantitative estimate of drug-likeness (QED) is 0.513. The van der Waals surface area contributed by atoms with Crippen LogP contribution in [0.5, 0.6) is 5.75 Å². The standard InChI is InChI=1S/C26H23ClN2O3/c1-17-16-20(27)10-13-22(17)28-24-23(19-8-11-21(32-2)12-9-19)25(30)29(26(24)31)15-14-18-6-4-3-5-7-18/h3-13,16,28H,14-15H2,1-2H3. The first-order valence-corrected chi connectivity index (χ1v) is 10.7. The number of ether oxygens (including phenoxy) is 1. The van der Waals surface area contributed by atoms with E-state index in [9.17, 15) is 9.59 Å². The summed E-state index contributed by atoms with van der Waals surface area (Å²) < 4.78 is 5.23. The molecule has 2 amide bonds. The van der Waals surface area contributed by atoms with Crippen LogP contribution in [0.3, 0.4) is 0 Å². The van der Waals surface area contributed by atoms with E-state index in [0.717, 1.165) is 16.8 Å². The molecule has 1 N–H and O–H groups in total. The third kappa shape index (κ3) is 4.39. The number of carbonyl (C=O) groups is 2. The zero-order valence-corrected chi connectivity index (χ0v) is 18.6. The lowest BCUT2D eigenvalue weighted by molar-refractivity contribution is -0.136. The summed E-state index contributed by atoms with van der Waals surface area (Å²) in [4.78, 5) is 28.1. The Balaban J connectivity index is 1.69. The average Bonchev–Trinajstić information content (AvgIpc) is 3.04. The van der Waals surface area contributed by atoms with E-state index in [2.05, 4.69) is 5.32 Å². The number of rotatable bonds is 7. The van der Waals surface area contributed by atoms with Gasteiger partial charge in [-0.25, -0.2) is 0 Å². The Morgan fingerprint density at radius 1 is 0.938 bits per heavy atom. The summed E-state index contributed by atoms with van der Waals surface area (Å²) in [6.07, 6.45) is 0.585. The van der Waals surface area contributed by atoms with Crippen LogP contribution >= 0.6 is 11.6 Å². The van der Waals surface area contributed by atoms with Gasteiger partial charge in [-0.05, 0) is 60.4 Å². The molecule has 5 nitrogen and oxygen atoms in total. The number of nitrogens with one attached hydrogen (secondary N) is 1. The lowest BCUT2D eigenvalue weighted by Crippen LogP contribution is -2.34. The van der Waals surface area contributed by atoms with E-state index < -0.39 is 0 Å². The second-order valence-electron chi connectivity index (χ2n) is 7.56. The summed E-state index contributed by atoms with van der Waals surface area (Å²) in [5.74, 6) is 0.0198. The minimum absolute atomic E-state index is 0.263. The van der Waals surface area contributed by atoms with Crippen molar-refractivity contribution in [1.82, 2.24) is 4.90 Å². The van der Waals surface area contributed by atoms with Gasteiger partial charge < -0.3 is 10.1 Å². The maximum absolute atomic E-state index is 13.4. The van der Waals surface area contributed by atoms with Gasteiger partial charge >= 0.3 is 0 Å². The number of methoxy groups -OCH3 is 1. The van der Waals surface area contributed by atoms with Crippen molar-refractivity contribution in [2.45, 2.75) is 13.3 Å². The molecule has 1 aliphatic rings. The number of carbonyl (C=O) groups excluding carboxylic acids is 2. The van der Waals surface area contributed by atoms with Crippen molar-refractivity contribution in [3.05, 3.63) is 100 Å². The molecule has 0 radical (unpaired) electrons. The highest BCUT2D eigenvalue weighted by Crippen LogP contribution is 2.32. The van der Waals surface area contributed by atoms with Gasteiger partial charge in [0.2, 0.25) is 0 Å². The molecule has 0 saturated heterocycles. The van der Waals surface area contributed by atoms with Crippen LogP contribution in [0, 0.1) is 6.92 Å². The fourth-order valence-corrected chi connectivity index (χ4v) is 3.93. The van der Waals surface area contributed by atoms with Crippen LogP contribution in [0.4, 0.5) is 5.69 Å². The van der Waals surface area contributed by atoms with Crippen molar-refractivity contribution in [3.8, 4) is 5.75 Å². The highest BCUT2D eigenvalue weighted by atomic mass is 35.5. The second kappa shape index (κ2) is 9.28. The SMILES string of the molecule is COc1ccc(C2=C(Nc3ccc(Cl)cc3C)C(=O)N(CCc3ccccc3)C2=O)cc1. The van der Waals surface area contributed by atoms with Gasteiger partial charge in [-0.1, -0.05) is 54.1 Å². The topological polar surface area (TPSA) is 58.6 Å². The van der Waals surface area contributed by atoms with E-state index in [1.807, 2.05) is 43.3 Å². The van der Waals surface area contributed by atoms with E-state index >= 15 is 0 Å². The normalized spacial score (nSPS) is 13.7. The molecule has 0 unspecified atom stereocenters. The minimum atomic E-state index is -0.342. The molecule has 3 aromatic carbocycles. The maximum Gasteiger partial charge on any atom is 0.278 e. The van der Waals surface area contributed by atoms with Crippen LogP contribution in [-0.2, 0) is 16.0 Å². The van der Waals surface area contributed by atoms with Crippen molar-refractivity contribution >= 4 is 34.7 Å². The highest BCUT2D eigenvalue weighted by Gasteiger charge is 2.39. The highest BCUT2D eigenvalue weighted by molar-refractivity contribution is 6.36. The zero-order chi connectivity index (χ0) is 22.7. The lowest BCUT2D eigenvalue weighted by atomic mass is 10.0. The molecule has 0 aliphatic carbocycles. The number of hydrogen-bond acceptors (Lipinski definition) is 4. The van der Waals surface area contributed by atoms with Crippen molar-refractivity contribution in [2.75, 3.05) is 19.0 Å². The van der Waals surface area contributed by atoms with Crippen LogP contribution < -0.4 is 10.1 Å². The molecule has 1 aliphatic heterocycles. The van der Waals surface area contributed by atoms with Crippen molar-refractivity contribution < 1.29 is 14.3 Å². The molecule has 6 heteroatoms. The number of benzene rings is 3. The fraction of sp³-hybridized carbons (Fsp3) is 0.154. The van der Waals surface area contributed by atoms with Gasteiger partial charge in [-0.3, -0.25) is 14.5 Å². The first-order valence-electron chi connectivity index (χ1n) is 10.3. The summed E-state index contributed by atoms with van der Waals surface area (Å²) in [6.45, 7) is 2.20. The Kier molecular flexibility index (Phi) is 6.28. The number of nitrogens with zero attached hydrogens (tertiary/aromatic N) is 1. The zero-order valence-electron chi connectivity index (χ0n) is 17.9. The molecule has 0 aromatic heterocycles. The molecular weight excluding hydrogens is 424 g/mol. The molecule has 4 rings (SSSR count). The third-order valence-corrected chi connectivity index (χ3v) is 5.70. The van der Waals surface area contributed by atoms with E-state index in [-0.39, 0.29) is 17.5 Å². The first-order chi connectivity index (χ1) is 15.5. The predicted octanol–water partition coefficient (Wildman–Crippen LogP) is 5.09. The number of halogens is 1. The van der Waals surface area contributed by atoms with Gasteiger partial charge in [0.25, 0.3) is 11.8 Å². The van der Waals surface area contributed by atoms with Gasteiger partial charge in [-0.2, -0.15) is 0 Å². The molecule has 0 bridgehead atoms. The summed E-state index contributed by atoms with van der Waals surface area (Å²) in [5.41, 5.74) is 3.93. The Labute approximate surface area is 192 Å². The Morgan fingerprint density at radius 2 is 1.66 bits per heavy atom. The van der Waals surface area contributed by atoms with Gasteiger partial charge in [-0.15, -0.1) is 0 Å². The Bertz CT molecular complexity index is 1190. The van der Waals surface area contributed by atoms with E-state index in [4.69, 9.17) is 16.3 Å². The van der Waals surface area contributed by atoms with Gasteiger partial charge in [0.1, 0.15) is 11.4 Å². The molecule has 0 fully saturated rings. The molecule has 1 heterocycles. The maximum atomic E-state index is 13.4. The summed E-state index contributed by atoms with van der Waals surface area (Å²) in [6, 6.07) is 22.3. The molecule has 32 heavy (non-hydrogen) atoms. The number of amides is 2. The van der Waals surface area contributed by atoms with E-state index in [1.54, 1.807) is 43.5 Å². The minimum Gasteiger partial charge on any atom is -0.497 e. The monoisotopic (exact) mass is 446 g/mol. The summed E-state index contributed by atoms with van der Waals surface area (Å²) >= 11 is 6.08. The van der Waals surface area contributed by atoms with Crippen LogP contribution in [0.2, 0.25) is 5.02 Å². The summed E-state index contributed by atoms with van der Waals surface area (Å²) in [7, 11) is 1.58. The Hall–Kier alpha value is -3.57. The second-order valence-corrected chi connectivity index (χ2v) is 8.00. The predicted molar refractivity (Wildman–Crippen MR) is 127 cm³/mol. The average molecular weight is 447 g/mol. The van der Waals surface area contributed by atoms with Crippen molar-refractivity contribution in [2.24, 2.45) is 0 Å². The van der Waals surface area contributed by atoms with Gasteiger partial charge in [0, 0.05) is 17.3 Å². The third-order valence-electron chi connectivity index (χ3n) is 5.46. The van der Waals surface area contributed by atoms with Crippen molar-refractivity contribution in [3.63, 3.8) is 0 Å². The van der Waals surface area contributed by atoms with E-state index in [1.165, 1.54) is 4.90 Å². The lowest BCUT2D eigenvalue weighted by Gasteiger charge is -2.16. The largest absolute Gasteiger partial charge is 0.497 e. The molecule has 0 saturated carbocycles. The number of imide groups is 1. The molecule has 0 atom stereocenters. The fourth-order valence-electron chi connectivity index (χ4n) is 3.71. The van der Waals surface area contributed by atoms with Crippen LogP contribution in [0.25, 0.3) is 5.57 Å². The Morgan fingerprint density at radius 3 is 2.31 bits per heavy atom. The van der Waals surface area contributed by atoms with E-state index in [0.29, 0.717) is 34.9 Å². The molecule has 3 aromatic rings. The smallest absolute Gasteiger partial charge is 0.278 e. The molecular formula is C26H23ClN2O3. The number of hydrogen-bond donors (Lipinski definition) is 1. The van der Waals surface area contributed by atoms with Crippen LogP contribution in [0.1, 0.15) is 16.7 Å².